The highest BCUT2D eigenvalue weighted by Crippen LogP contribution is 2.10. The van der Waals surface area contributed by atoms with Crippen LogP contribution in [-0.2, 0) is 11.2 Å². The SMILES string of the molecule is CC.O=C(O)C(CS)Cc1ccccc1. The monoisotopic (exact) mass is 226 g/mol. The van der Waals surface area contributed by atoms with Crippen LogP contribution in [0.2, 0.25) is 0 Å². The Kier molecular flexibility index (Phi) is 7.82. The minimum absolute atomic E-state index is 0.379. The fraction of sp³-hybridized carbons (Fsp3) is 0.417. The fourth-order valence-corrected chi connectivity index (χ4v) is 1.41. The lowest BCUT2D eigenvalue weighted by Crippen LogP contribution is -2.17. The van der Waals surface area contributed by atoms with E-state index in [4.69, 9.17) is 5.11 Å². The van der Waals surface area contributed by atoms with Gasteiger partial charge in [0.05, 0.1) is 5.92 Å². The van der Waals surface area contributed by atoms with Gasteiger partial charge in [0.2, 0.25) is 0 Å². The highest BCUT2D eigenvalue weighted by Gasteiger charge is 2.15. The van der Waals surface area contributed by atoms with E-state index >= 15 is 0 Å². The third-order valence-electron chi connectivity index (χ3n) is 1.89. The molecule has 1 unspecified atom stereocenters. The number of carboxylic acids is 1. The molecule has 0 aliphatic rings. The quantitative estimate of drug-likeness (QED) is 0.775. The topological polar surface area (TPSA) is 37.3 Å². The third kappa shape index (κ3) is 5.47. The summed E-state index contributed by atoms with van der Waals surface area (Å²) in [5.41, 5.74) is 1.05. The van der Waals surface area contributed by atoms with Crippen LogP contribution in [-0.4, -0.2) is 16.8 Å². The van der Waals surface area contributed by atoms with Gasteiger partial charge in [0.15, 0.2) is 0 Å². The normalized spacial score (nSPS) is 11.1. The Morgan fingerprint density at radius 2 is 1.87 bits per heavy atom. The number of hydrogen-bond donors (Lipinski definition) is 2. The van der Waals surface area contributed by atoms with Crippen molar-refractivity contribution in [2.24, 2.45) is 5.92 Å². The van der Waals surface area contributed by atoms with Crippen molar-refractivity contribution in [2.45, 2.75) is 20.3 Å². The van der Waals surface area contributed by atoms with Crippen LogP contribution in [0.15, 0.2) is 30.3 Å². The summed E-state index contributed by atoms with van der Waals surface area (Å²) in [4.78, 5) is 10.7. The van der Waals surface area contributed by atoms with Crippen LogP contribution in [0.5, 0.6) is 0 Å². The Labute approximate surface area is 96.7 Å². The molecule has 0 radical (unpaired) electrons. The molecule has 84 valence electrons. The molecule has 15 heavy (non-hydrogen) atoms. The van der Waals surface area contributed by atoms with E-state index < -0.39 is 5.97 Å². The van der Waals surface area contributed by atoms with E-state index in [0.717, 1.165) is 5.56 Å². The Morgan fingerprint density at radius 3 is 2.27 bits per heavy atom. The first-order valence-corrected chi connectivity index (χ1v) is 5.75. The molecular weight excluding hydrogens is 208 g/mol. The molecule has 3 heteroatoms. The molecule has 0 saturated heterocycles. The zero-order valence-electron chi connectivity index (χ0n) is 9.18. The van der Waals surface area contributed by atoms with Crippen LogP contribution < -0.4 is 0 Å². The first-order chi connectivity index (χ1) is 7.24. The lowest BCUT2D eigenvalue weighted by Gasteiger charge is -2.08. The minimum Gasteiger partial charge on any atom is -0.481 e. The minimum atomic E-state index is -0.779. The first-order valence-electron chi connectivity index (χ1n) is 5.11. The average molecular weight is 226 g/mol. The Balaban J connectivity index is 0.000000921. The van der Waals surface area contributed by atoms with Gasteiger partial charge in [-0.15, -0.1) is 0 Å². The van der Waals surface area contributed by atoms with E-state index in [1.54, 1.807) is 0 Å². The molecule has 0 spiro atoms. The van der Waals surface area contributed by atoms with E-state index in [9.17, 15) is 4.79 Å². The highest BCUT2D eigenvalue weighted by molar-refractivity contribution is 7.80. The van der Waals surface area contributed by atoms with Gasteiger partial charge in [-0.05, 0) is 12.0 Å². The molecule has 0 aliphatic heterocycles. The number of carbonyl (C=O) groups is 1. The number of aliphatic carboxylic acids is 1. The second kappa shape index (κ2) is 8.36. The van der Waals surface area contributed by atoms with Crippen LogP contribution >= 0.6 is 12.6 Å². The summed E-state index contributed by atoms with van der Waals surface area (Å²) < 4.78 is 0. The van der Waals surface area contributed by atoms with Crippen molar-refractivity contribution >= 4 is 18.6 Å². The van der Waals surface area contributed by atoms with Gasteiger partial charge >= 0.3 is 5.97 Å². The molecule has 1 N–H and O–H groups in total. The Morgan fingerprint density at radius 1 is 1.33 bits per heavy atom. The van der Waals surface area contributed by atoms with Gasteiger partial charge in [-0.3, -0.25) is 4.79 Å². The highest BCUT2D eigenvalue weighted by atomic mass is 32.1. The van der Waals surface area contributed by atoms with Crippen LogP contribution in [0.25, 0.3) is 0 Å². The fourth-order valence-electron chi connectivity index (χ4n) is 1.13. The molecule has 1 atom stereocenters. The number of benzene rings is 1. The molecule has 2 nitrogen and oxygen atoms in total. The maximum atomic E-state index is 10.7. The van der Waals surface area contributed by atoms with E-state index in [2.05, 4.69) is 12.6 Å². The number of thiol groups is 1. The van der Waals surface area contributed by atoms with Gasteiger partial charge in [0, 0.05) is 5.75 Å². The average Bonchev–Trinajstić information content (AvgIpc) is 2.29. The van der Waals surface area contributed by atoms with Crippen molar-refractivity contribution in [3.8, 4) is 0 Å². The predicted octanol–water partition coefficient (Wildman–Crippen LogP) is 2.89. The second-order valence-electron chi connectivity index (χ2n) is 2.91. The van der Waals surface area contributed by atoms with Crippen molar-refractivity contribution in [1.29, 1.82) is 0 Å². The van der Waals surface area contributed by atoms with Gasteiger partial charge in [-0.2, -0.15) is 12.6 Å². The van der Waals surface area contributed by atoms with Crippen molar-refractivity contribution in [3.63, 3.8) is 0 Å². The largest absolute Gasteiger partial charge is 0.481 e. The Bertz CT molecular complexity index is 272. The van der Waals surface area contributed by atoms with Gasteiger partial charge in [0.25, 0.3) is 0 Å². The summed E-state index contributed by atoms with van der Waals surface area (Å²) >= 11 is 4.00. The van der Waals surface area contributed by atoms with E-state index in [0.29, 0.717) is 12.2 Å². The van der Waals surface area contributed by atoms with Gasteiger partial charge in [-0.25, -0.2) is 0 Å². The first kappa shape index (κ1) is 14.0. The Hall–Kier alpha value is -0.960. The molecule has 1 aromatic carbocycles. The summed E-state index contributed by atoms with van der Waals surface area (Å²) in [6.45, 7) is 4.00. The number of hydrogen-bond acceptors (Lipinski definition) is 2. The second-order valence-corrected chi connectivity index (χ2v) is 3.27. The number of rotatable bonds is 4. The molecule has 0 amide bonds. The molecule has 0 saturated carbocycles. The van der Waals surface area contributed by atoms with Gasteiger partial charge in [0.1, 0.15) is 0 Å². The standard InChI is InChI=1S/C10H12O2S.C2H6/c11-10(12)9(7-13)6-8-4-2-1-3-5-8;1-2/h1-5,9,13H,6-7H2,(H,11,12);1-2H3. The molecule has 0 heterocycles. The summed E-state index contributed by atoms with van der Waals surface area (Å²) in [5.74, 6) is -0.783. The van der Waals surface area contributed by atoms with Crippen LogP contribution in [0.3, 0.4) is 0 Å². The van der Waals surface area contributed by atoms with Crippen molar-refractivity contribution in [1.82, 2.24) is 0 Å². The van der Waals surface area contributed by atoms with E-state index in [1.807, 2.05) is 44.2 Å². The summed E-state index contributed by atoms with van der Waals surface area (Å²) in [7, 11) is 0. The van der Waals surface area contributed by atoms with Crippen LogP contribution in [0, 0.1) is 5.92 Å². The smallest absolute Gasteiger partial charge is 0.307 e. The third-order valence-corrected chi connectivity index (χ3v) is 2.34. The number of carboxylic acid groups (broad SMARTS) is 1. The van der Waals surface area contributed by atoms with Crippen molar-refractivity contribution in [3.05, 3.63) is 35.9 Å². The summed E-state index contributed by atoms with van der Waals surface area (Å²) in [5, 5.41) is 8.79. The summed E-state index contributed by atoms with van der Waals surface area (Å²) in [6.07, 6.45) is 0.555. The van der Waals surface area contributed by atoms with E-state index in [1.165, 1.54) is 0 Å². The molecule has 0 fully saturated rings. The van der Waals surface area contributed by atoms with Gasteiger partial charge in [-0.1, -0.05) is 44.2 Å². The molecule has 0 aromatic heterocycles. The maximum Gasteiger partial charge on any atom is 0.307 e. The van der Waals surface area contributed by atoms with Gasteiger partial charge < -0.3 is 5.11 Å². The molecular formula is C12H18O2S. The van der Waals surface area contributed by atoms with Crippen LogP contribution in [0.1, 0.15) is 19.4 Å². The van der Waals surface area contributed by atoms with Crippen molar-refractivity contribution in [2.75, 3.05) is 5.75 Å². The maximum absolute atomic E-state index is 10.7. The molecule has 0 bridgehead atoms. The lowest BCUT2D eigenvalue weighted by atomic mass is 10.0. The molecule has 0 aliphatic carbocycles. The molecule has 1 aromatic rings. The summed E-state index contributed by atoms with van der Waals surface area (Å²) in [6, 6.07) is 9.60. The van der Waals surface area contributed by atoms with Crippen LogP contribution in [0.4, 0.5) is 0 Å². The van der Waals surface area contributed by atoms with Crippen molar-refractivity contribution < 1.29 is 9.90 Å². The zero-order valence-corrected chi connectivity index (χ0v) is 10.1. The zero-order chi connectivity index (χ0) is 11.7. The van der Waals surface area contributed by atoms with E-state index in [-0.39, 0.29) is 5.92 Å². The predicted molar refractivity (Wildman–Crippen MR) is 66.5 cm³/mol. The molecule has 1 rings (SSSR count). The lowest BCUT2D eigenvalue weighted by molar-refractivity contribution is -0.140.